The Balaban J connectivity index is 2.33. The summed E-state index contributed by atoms with van der Waals surface area (Å²) in [5, 5.41) is 1.98. The number of rotatable bonds is 5. The highest BCUT2D eigenvalue weighted by molar-refractivity contribution is 7.91. The van der Waals surface area contributed by atoms with Gasteiger partial charge in [-0.3, -0.25) is 0 Å². The molecule has 24 heavy (non-hydrogen) atoms. The minimum absolute atomic E-state index is 0.661. The summed E-state index contributed by atoms with van der Waals surface area (Å²) in [5.41, 5.74) is 0. The molecule has 0 atom stereocenters. The molecular formula is C18H15ClO4P+. The van der Waals surface area contributed by atoms with Gasteiger partial charge in [-0.05, 0) is 36.4 Å². The Morgan fingerprint density at radius 1 is 0.542 bits per heavy atom. The zero-order valence-electron chi connectivity index (χ0n) is 12.6. The molecule has 0 spiro atoms. The third kappa shape index (κ3) is 3.50. The summed E-state index contributed by atoms with van der Waals surface area (Å²) in [6, 6.07) is 27.0. The van der Waals surface area contributed by atoms with Gasteiger partial charge in [0.15, 0.2) is 15.9 Å². The fourth-order valence-electron chi connectivity index (χ4n) is 2.61. The maximum absolute atomic E-state index is 11.6. The van der Waals surface area contributed by atoms with Crippen molar-refractivity contribution >= 4 is 23.4 Å². The van der Waals surface area contributed by atoms with Crippen LogP contribution in [-0.4, -0.2) is 0 Å². The number of benzene rings is 3. The van der Waals surface area contributed by atoms with E-state index in [9.17, 15) is 14.0 Å². The van der Waals surface area contributed by atoms with Gasteiger partial charge in [0.05, 0.1) is 0 Å². The summed E-state index contributed by atoms with van der Waals surface area (Å²) in [7, 11) is -7.71. The average molecular weight is 362 g/mol. The zero-order chi connectivity index (χ0) is 17.0. The zero-order valence-corrected chi connectivity index (χ0v) is 14.3. The topological polar surface area (TPSA) is 78.4 Å². The van der Waals surface area contributed by atoms with Crippen LogP contribution in [-0.2, 0) is 4.08 Å². The van der Waals surface area contributed by atoms with E-state index in [-0.39, 0.29) is 0 Å². The van der Waals surface area contributed by atoms with Crippen molar-refractivity contribution in [3.05, 3.63) is 91.0 Å². The summed E-state index contributed by atoms with van der Waals surface area (Å²) in [6.07, 6.45) is 0. The van der Waals surface area contributed by atoms with Gasteiger partial charge in [-0.2, -0.15) is 14.0 Å². The lowest BCUT2D eigenvalue weighted by Crippen LogP contribution is -2.62. The Hall–Kier alpha value is -1.78. The van der Waals surface area contributed by atoms with Crippen molar-refractivity contribution in [3.63, 3.8) is 0 Å². The van der Waals surface area contributed by atoms with Crippen LogP contribution in [0.25, 0.3) is 0 Å². The van der Waals surface area contributed by atoms with Crippen LogP contribution in [0.3, 0.4) is 0 Å². The number of hydrogen-bond donors (Lipinski definition) is 0. The molecule has 122 valence electrons. The highest BCUT2D eigenvalue weighted by atomic mass is 35.7. The van der Waals surface area contributed by atoms with Gasteiger partial charge < -0.3 is 0 Å². The van der Waals surface area contributed by atoms with Crippen molar-refractivity contribution in [1.82, 2.24) is 0 Å². The fraction of sp³-hybridized carbons (Fsp3) is 0. The van der Waals surface area contributed by atoms with Crippen LogP contribution in [0.15, 0.2) is 91.0 Å². The maximum Gasteiger partial charge on any atom is 0.416 e. The largest absolute Gasteiger partial charge is 0.416 e. The van der Waals surface area contributed by atoms with Gasteiger partial charge in [-0.15, -0.1) is 0 Å². The summed E-state index contributed by atoms with van der Waals surface area (Å²) >= 11 is 0. The predicted molar refractivity (Wildman–Crippen MR) is 86.2 cm³/mol. The van der Waals surface area contributed by atoms with E-state index in [1.165, 1.54) is 0 Å². The SMILES string of the molecule is [O-][Cl+3]([O-])([O-])O[P+](c1ccccc1)(c1ccccc1)c1ccccc1. The third-order valence-corrected chi connectivity index (χ3v) is 8.13. The maximum atomic E-state index is 11.6. The minimum atomic E-state index is -4.62. The molecule has 4 nitrogen and oxygen atoms in total. The molecule has 0 aromatic heterocycles. The van der Waals surface area contributed by atoms with Crippen molar-refractivity contribution in [3.8, 4) is 0 Å². The van der Waals surface area contributed by atoms with Gasteiger partial charge in [-0.25, -0.2) is 0 Å². The van der Waals surface area contributed by atoms with E-state index in [0.717, 1.165) is 0 Å². The Kier molecular flexibility index (Phi) is 4.97. The molecule has 3 aromatic rings. The first-order valence-electron chi connectivity index (χ1n) is 7.20. The van der Waals surface area contributed by atoms with Crippen molar-refractivity contribution < 1.29 is 28.3 Å². The van der Waals surface area contributed by atoms with Gasteiger partial charge in [0.1, 0.15) is 10.2 Å². The summed E-state index contributed by atoms with van der Waals surface area (Å²) < 4.78 is 40.1. The minimum Gasteiger partial charge on any atom is -0.179 e. The standard InChI is InChI=1S/C18H15ClO4P/c20-19(21,22)23-24(16-10-4-1-5-11-16,17-12-6-2-7-13-17)18-14-8-3-9-15-18/h1-15H/q+1. The lowest BCUT2D eigenvalue weighted by Gasteiger charge is -2.22. The second kappa shape index (κ2) is 6.99. The lowest BCUT2D eigenvalue weighted by molar-refractivity contribution is -1.91. The molecular weight excluding hydrogens is 347 g/mol. The predicted octanol–water partition coefficient (Wildman–Crippen LogP) is -0.191. The molecule has 0 N–H and O–H groups in total. The molecule has 0 aliphatic rings. The molecule has 3 rings (SSSR count). The smallest absolute Gasteiger partial charge is 0.179 e. The van der Waals surface area contributed by atoms with E-state index in [0.29, 0.717) is 15.9 Å². The van der Waals surface area contributed by atoms with Crippen LogP contribution in [0.2, 0.25) is 0 Å². The number of halogens is 1. The van der Waals surface area contributed by atoms with Gasteiger partial charge in [0, 0.05) is 0 Å². The summed E-state index contributed by atoms with van der Waals surface area (Å²) in [6.45, 7) is 0. The van der Waals surface area contributed by atoms with E-state index < -0.39 is 17.7 Å². The second-order valence-electron chi connectivity index (χ2n) is 5.06. The monoisotopic (exact) mass is 361 g/mol. The van der Waals surface area contributed by atoms with Crippen LogP contribution in [0.5, 0.6) is 0 Å². The number of hydrogen-bond acceptors (Lipinski definition) is 4. The molecule has 0 amide bonds. The molecule has 0 radical (unpaired) electrons. The molecule has 0 heterocycles. The first kappa shape index (κ1) is 17.1. The average Bonchev–Trinajstić information content (AvgIpc) is 2.61. The van der Waals surface area contributed by atoms with Gasteiger partial charge in [-0.1, -0.05) is 54.6 Å². The highest BCUT2D eigenvalue weighted by Crippen LogP contribution is 2.57. The van der Waals surface area contributed by atoms with Crippen molar-refractivity contribution in [2.45, 2.75) is 0 Å². The third-order valence-electron chi connectivity index (χ3n) is 3.55. The molecule has 6 heteroatoms. The molecule has 0 saturated carbocycles. The van der Waals surface area contributed by atoms with E-state index in [1.807, 2.05) is 18.2 Å². The fourth-order valence-corrected chi connectivity index (χ4v) is 7.25. The molecule has 0 fully saturated rings. The van der Waals surface area contributed by atoms with E-state index in [4.69, 9.17) is 4.08 Å². The Bertz CT molecular complexity index is 680. The van der Waals surface area contributed by atoms with Crippen LogP contribution >= 0.6 is 7.49 Å². The van der Waals surface area contributed by atoms with Crippen LogP contribution in [0.4, 0.5) is 0 Å². The second-order valence-corrected chi connectivity index (χ2v) is 9.14. The van der Waals surface area contributed by atoms with E-state index in [2.05, 4.69) is 0 Å². The van der Waals surface area contributed by atoms with Crippen LogP contribution < -0.4 is 29.9 Å². The molecule has 0 bridgehead atoms. The first-order chi connectivity index (χ1) is 11.5. The summed E-state index contributed by atoms with van der Waals surface area (Å²) in [4.78, 5) is 0. The van der Waals surface area contributed by atoms with Crippen LogP contribution in [0, 0.1) is 10.2 Å². The van der Waals surface area contributed by atoms with Crippen molar-refractivity contribution in [1.29, 1.82) is 0 Å². The Labute approximate surface area is 143 Å². The van der Waals surface area contributed by atoms with Gasteiger partial charge in [0.2, 0.25) is 4.08 Å². The highest BCUT2D eigenvalue weighted by Gasteiger charge is 2.62. The van der Waals surface area contributed by atoms with Gasteiger partial charge >= 0.3 is 7.49 Å². The molecule has 3 aromatic carbocycles. The van der Waals surface area contributed by atoms with E-state index >= 15 is 0 Å². The molecule has 0 saturated heterocycles. The molecule has 0 aliphatic heterocycles. The van der Waals surface area contributed by atoms with Gasteiger partial charge in [0.25, 0.3) is 0 Å². The van der Waals surface area contributed by atoms with Crippen molar-refractivity contribution in [2.75, 3.05) is 0 Å². The van der Waals surface area contributed by atoms with Crippen LogP contribution in [0.1, 0.15) is 0 Å². The normalized spacial score (nSPS) is 12.1. The van der Waals surface area contributed by atoms with Crippen molar-refractivity contribution in [2.24, 2.45) is 0 Å². The molecule has 0 unspecified atom stereocenters. The first-order valence-corrected chi connectivity index (χ1v) is 10.1. The Morgan fingerprint density at radius 3 is 1.08 bits per heavy atom. The van der Waals surface area contributed by atoms with E-state index in [1.54, 1.807) is 72.8 Å². The Morgan fingerprint density at radius 2 is 0.833 bits per heavy atom. The molecule has 0 aliphatic carbocycles. The lowest BCUT2D eigenvalue weighted by atomic mass is 10.4. The quantitative estimate of drug-likeness (QED) is 0.590. The summed E-state index contributed by atoms with van der Waals surface area (Å²) in [5.74, 6) is 0.